The topological polar surface area (TPSA) is 40.6 Å². The van der Waals surface area contributed by atoms with Crippen LogP contribution in [0.15, 0.2) is 29.2 Å². The van der Waals surface area contributed by atoms with Crippen molar-refractivity contribution in [2.75, 3.05) is 23.7 Å². The van der Waals surface area contributed by atoms with Crippen molar-refractivity contribution in [3.05, 3.63) is 24.3 Å². The third-order valence-corrected chi connectivity index (χ3v) is 7.13. The van der Waals surface area contributed by atoms with E-state index in [0.717, 1.165) is 18.8 Å². The van der Waals surface area contributed by atoms with Crippen LogP contribution in [-0.4, -0.2) is 50.3 Å². The van der Waals surface area contributed by atoms with E-state index in [0.29, 0.717) is 23.0 Å². The van der Waals surface area contributed by atoms with Crippen molar-refractivity contribution >= 4 is 15.5 Å². The molecular weight excluding hydrogens is 308 g/mol. The van der Waals surface area contributed by atoms with Crippen LogP contribution < -0.4 is 4.90 Å². The average molecular weight is 337 g/mol. The largest absolute Gasteiger partial charge is 0.370 e. The molecule has 2 heterocycles. The summed E-state index contributed by atoms with van der Waals surface area (Å²) in [6.45, 7) is 8.39. The van der Waals surface area contributed by atoms with Gasteiger partial charge in [-0.1, -0.05) is 6.92 Å². The Morgan fingerprint density at radius 3 is 2.35 bits per heavy atom. The summed E-state index contributed by atoms with van der Waals surface area (Å²) < 4.78 is 23.9. The van der Waals surface area contributed by atoms with Crippen LogP contribution in [0.4, 0.5) is 5.69 Å². The van der Waals surface area contributed by atoms with Crippen molar-refractivity contribution in [2.45, 2.75) is 63.1 Å². The first-order valence-electron chi connectivity index (χ1n) is 8.77. The number of rotatable bonds is 4. The van der Waals surface area contributed by atoms with E-state index in [9.17, 15) is 8.42 Å². The number of anilines is 1. The highest BCUT2D eigenvalue weighted by Crippen LogP contribution is 2.33. The van der Waals surface area contributed by atoms with Crippen LogP contribution in [0.2, 0.25) is 0 Å². The van der Waals surface area contributed by atoms with Crippen LogP contribution in [0, 0.1) is 0 Å². The molecule has 0 radical (unpaired) electrons. The van der Waals surface area contributed by atoms with E-state index in [4.69, 9.17) is 0 Å². The summed E-state index contributed by atoms with van der Waals surface area (Å²) in [7, 11) is -3.11. The second-order valence-corrected chi connectivity index (χ2v) is 9.34. The van der Waals surface area contributed by atoms with Crippen LogP contribution >= 0.6 is 0 Å². The van der Waals surface area contributed by atoms with Gasteiger partial charge in [-0.15, -0.1) is 0 Å². The van der Waals surface area contributed by atoms with Crippen LogP contribution in [0.3, 0.4) is 0 Å². The van der Waals surface area contributed by atoms with E-state index in [1.807, 2.05) is 12.1 Å². The van der Waals surface area contributed by atoms with Gasteiger partial charge in [0.1, 0.15) is 0 Å². The maximum atomic E-state index is 11.9. The Labute approximate surface area is 140 Å². The molecule has 2 aliphatic rings. The van der Waals surface area contributed by atoms with Gasteiger partial charge in [0.05, 0.1) is 10.6 Å². The Hall–Kier alpha value is -1.07. The highest BCUT2D eigenvalue weighted by Gasteiger charge is 2.38. The molecule has 3 rings (SSSR count). The summed E-state index contributed by atoms with van der Waals surface area (Å²) in [5.74, 6) is 0.156. The molecule has 1 aromatic rings. The number of hydrogen-bond donors (Lipinski definition) is 0. The minimum absolute atomic E-state index is 0.156. The van der Waals surface area contributed by atoms with Crippen molar-refractivity contribution in [1.29, 1.82) is 0 Å². The first-order valence-corrected chi connectivity index (χ1v) is 10.4. The van der Waals surface area contributed by atoms with Gasteiger partial charge in [0.25, 0.3) is 0 Å². The van der Waals surface area contributed by atoms with Crippen LogP contribution in [-0.2, 0) is 9.84 Å². The lowest BCUT2D eigenvalue weighted by Gasteiger charge is -2.32. The average Bonchev–Trinajstić information content (AvgIpc) is 2.82. The first-order chi connectivity index (χ1) is 10.9. The molecule has 2 aliphatic heterocycles. The van der Waals surface area contributed by atoms with Crippen LogP contribution in [0.5, 0.6) is 0 Å². The Morgan fingerprint density at radius 2 is 1.74 bits per heavy atom. The summed E-state index contributed by atoms with van der Waals surface area (Å²) in [6, 6.07) is 9.41. The van der Waals surface area contributed by atoms with E-state index in [2.05, 4.69) is 23.6 Å². The molecular formula is C18H28N2O2S. The summed E-state index contributed by atoms with van der Waals surface area (Å²) in [4.78, 5) is 5.56. The number of fused-ring (bicyclic) bond motifs is 2. The zero-order valence-electron chi connectivity index (χ0n) is 14.4. The van der Waals surface area contributed by atoms with Crippen molar-refractivity contribution in [3.63, 3.8) is 0 Å². The molecule has 5 heteroatoms. The van der Waals surface area contributed by atoms with E-state index in [1.165, 1.54) is 19.3 Å². The molecule has 2 fully saturated rings. The van der Waals surface area contributed by atoms with Crippen LogP contribution in [0.25, 0.3) is 0 Å². The predicted molar refractivity (Wildman–Crippen MR) is 94.8 cm³/mol. The van der Waals surface area contributed by atoms with Gasteiger partial charge in [0.15, 0.2) is 9.84 Å². The highest BCUT2D eigenvalue weighted by molar-refractivity contribution is 7.91. The fourth-order valence-electron chi connectivity index (χ4n) is 4.22. The second-order valence-electron chi connectivity index (χ2n) is 7.06. The van der Waals surface area contributed by atoms with Gasteiger partial charge in [-0.3, -0.25) is 4.90 Å². The molecule has 4 nitrogen and oxygen atoms in total. The standard InChI is InChI=1S/C18H28N2O2S/c1-4-23(21,22)18-9-7-15(8-10-18)19-12-11-16-5-6-17(13-19)20(16)14(2)3/h7-10,14,16-17H,4-6,11-13H2,1-3H3/t16-,17+/m1/s1. The quantitative estimate of drug-likeness (QED) is 0.848. The van der Waals surface area contributed by atoms with Gasteiger partial charge in [0, 0.05) is 36.9 Å². The molecule has 0 amide bonds. The van der Waals surface area contributed by atoms with Crippen molar-refractivity contribution < 1.29 is 8.42 Å². The van der Waals surface area contributed by atoms with Gasteiger partial charge in [-0.25, -0.2) is 8.42 Å². The Bertz CT molecular complexity index is 639. The minimum atomic E-state index is -3.11. The predicted octanol–water partition coefficient (Wildman–Crippen LogP) is 2.93. The normalized spacial score (nSPS) is 25.8. The zero-order valence-corrected chi connectivity index (χ0v) is 15.2. The molecule has 2 atom stereocenters. The Balaban J connectivity index is 1.78. The van der Waals surface area contributed by atoms with Crippen molar-refractivity contribution in [1.82, 2.24) is 4.90 Å². The third kappa shape index (κ3) is 3.26. The van der Waals surface area contributed by atoms with E-state index >= 15 is 0 Å². The van der Waals surface area contributed by atoms with Gasteiger partial charge in [-0.05, 0) is 57.4 Å². The molecule has 0 unspecified atom stereocenters. The number of sulfone groups is 1. The lowest BCUT2D eigenvalue weighted by molar-refractivity contribution is 0.158. The molecule has 23 heavy (non-hydrogen) atoms. The van der Waals surface area contributed by atoms with Gasteiger partial charge in [-0.2, -0.15) is 0 Å². The minimum Gasteiger partial charge on any atom is -0.370 e. The van der Waals surface area contributed by atoms with E-state index in [1.54, 1.807) is 19.1 Å². The van der Waals surface area contributed by atoms with Crippen molar-refractivity contribution in [3.8, 4) is 0 Å². The molecule has 0 aliphatic carbocycles. The van der Waals surface area contributed by atoms with Gasteiger partial charge >= 0.3 is 0 Å². The molecule has 0 spiro atoms. The molecule has 0 aromatic heterocycles. The summed E-state index contributed by atoms with van der Waals surface area (Å²) in [5, 5.41) is 0. The summed E-state index contributed by atoms with van der Waals surface area (Å²) >= 11 is 0. The SMILES string of the molecule is CCS(=O)(=O)c1ccc(N2CC[C@H]3CC[C@@H](C2)N3C(C)C)cc1. The first kappa shape index (κ1) is 16.8. The molecule has 2 saturated heterocycles. The highest BCUT2D eigenvalue weighted by atomic mass is 32.2. The maximum absolute atomic E-state index is 11.9. The monoisotopic (exact) mass is 336 g/mol. The molecule has 2 bridgehead atoms. The molecule has 0 saturated carbocycles. The smallest absolute Gasteiger partial charge is 0.178 e. The lowest BCUT2D eigenvalue weighted by Crippen LogP contribution is -2.43. The van der Waals surface area contributed by atoms with Crippen LogP contribution in [0.1, 0.15) is 40.0 Å². The lowest BCUT2D eigenvalue weighted by atomic mass is 10.1. The number of benzene rings is 1. The Morgan fingerprint density at radius 1 is 1.09 bits per heavy atom. The van der Waals surface area contributed by atoms with E-state index < -0.39 is 9.84 Å². The third-order valence-electron chi connectivity index (χ3n) is 5.38. The molecule has 0 N–H and O–H groups in total. The van der Waals surface area contributed by atoms with Gasteiger partial charge in [0.2, 0.25) is 0 Å². The van der Waals surface area contributed by atoms with E-state index in [-0.39, 0.29) is 5.75 Å². The van der Waals surface area contributed by atoms with Gasteiger partial charge < -0.3 is 4.90 Å². The number of hydrogen-bond acceptors (Lipinski definition) is 4. The summed E-state index contributed by atoms with van der Waals surface area (Å²) in [5.41, 5.74) is 1.15. The fourth-order valence-corrected chi connectivity index (χ4v) is 5.10. The Kier molecular flexibility index (Phi) is 4.70. The second kappa shape index (κ2) is 6.44. The molecule has 1 aromatic carbocycles. The summed E-state index contributed by atoms with van der Waals surface area (Å²) in [6.07, 6.45) is 3.80. The zero-order chi connectivity index (χ0) is 16.6. The molecule has 128 valence electrons. The van der Waals surface area contributed by atoms with Crippen molar-refractivity contribution in [2.24, 2.45) is 0 Å². The maximum Gasteiger partial charge on any atom is 0.178 e. The number of nitrogens with zero attached hydrogens (tertiary/aromatic N) is 2. The fraction of sp³-hybridized carbons (Fsp3) is 0.667.